The first kappa shape index (κ1) is 16.3. The molecular weight excluding hydrogens is 296 g/mol. The molecule has 0 heterocycles. The van der Waals surface area contributed by atoms with Crippen LogP contribution in [-0.2, 0) is 4.79 Å². The van der Waals surface area contributed by atoms with E-state index < -0.39 is 68.9 Å². The van der Waals surface area contributed by atoms with Gasteiger partial charge in [-0.2, -0.15) is 0 Å². The Kier molecular flexibility index (Phi) is 4.78. The van der Waals surface area contributed by atoms with Gasteiger partial charge in [0.25, 0.3) is 17.9 Å². The monoisotopic (exact) mass is 306 g/mol. The fraction of sp³-hybridized carbons (Fsp3) is 0.875. The molecule has 0 saturated heterocycles. The van der Waals surface area contributed by atoms with Crippen LogP contribution in [0, 0.1) is 40.5 Å². The summed E-state index contributed by atoms with van der Waals surface area (Å²) in [5.74, 6) is -1.44. The lowest BCUT2D eigenvalue weighted by molar-refractivity contribution is -0.589. The maximum atomic E-state index is 11.8. The smallest absolute Gasteiger partial charge is 0.284 e. The van der Waals surface area contributed by atoms with Crippen molar-refractivity contribution in [3.05, 3.63) is 40.5 Å². The molecule has 4 atom stereocenters. The molecule has 0 aromatic rings. The van der Waals surface area contributed by atoms with Gasteiger partial charge in [0, 0.05) is 19.7 Å². The number of carbonyl (C=O) groups excluding carboxylic acids is 1. The van der Waals surface area contributed by atoms with E-state index in [0.717, 1.165) is 0 Å². The average Bonchev–Trinajstić information content (AvgIpc) is 2.32. The molecule has 21 heavy (non-hydrogen) atoms. The zero-order valence-corrected chi connectivity index (χ0v) is 10.4. The molecule has 0 aromatic heterocycles. The van der Waals surface area contributed by atoms with Crippen LogP contribution in [0.5, 0.6) is 0 Å². The molecule has 1 aliphatic rings. The largest absolute Gasteiger partial charge is 0.284 e. The van der Waals surface area contributed by atoms with Gasteiger partial charge in [-0.25, -0.2) is 0 Å². The number of Topliss-reactive ketones (excluding diaryl/α,β-unsaturated/α-hetero) is 1. The van der Waals surface area contributed by atoms with Crippen molar-refractivity contribution in [1.82, 2.24) is 0 Å². The molecule has 1 saturated carbocycles. The highest BCUT2D eigenvalue weighted by Crippen LogP contribution is 2.23. The zero-order chi connectivity index (χ0) is 16.3. The summed E-state index contributed by atoms with van der Waals surface area (Å²) in [6, 6.07) is -7.56. The summed E-state index contributed by atoms with van der Waals surface area (Å²) < 4.78 is 0. The summed E-state index contributed by atoms with van der Waals surface area (Å²) in [4.78, 5) is 50.8. The number of nitro groups is 4. The van der Waals surface area contributed by atoms with Crippen molar-refractivity contribution in [3.8, 4) is 0 Å². The van der Waals surface area contributed by atoms with E-state index in [9.17, 15) is 45.3 Å². The maximum absolute atomic E-state index is 11.8. The third-order valence-electron chi connectivity index (χ3n) is 3.30. The predicted molar refractivity (Wildman–Crippen MR) is 62.0 cm³/mol. The molecule has 4 unspecified atom stereocenters. The fourth-order valence-corrected chi connectivity index (χ4v) is 2.20. The van der Waals surface area contributed by atoms with Crippen molar-refractivity contribution in [3.63, 3.8) is 0 Å². The van der Waals surface area contributed by atoms with Crippen LogP contribution in [0.3, 0.4) is 0 Å². The van der Waals surface area contributed by atoms with Gasteiger partial charge in [-0.1, -0.05) is 0 Å². The summed E-state index contributed by atoms with van der Waals surface area (Å²) in [6.07, 6.45) is -2.48. The molecule has 0 aromatic carbocycles. The molecule has 0 aliphatic heterocycles. The molecule has 1 fully saturated rings. The summed E-state index contributed by atoms with van der Waals surface area (Å²) in [7, 11) is 0. The predicted octanol–water partition coefficient (Wildman–Crippen LogP) is -0.679. The minimum Gasteiger partial charge on any atom is -0.284 e. The van der Waals surface area contributed by atoms with Crippen molar-refractivity contribution < 1.29 is 24.5 Å². The van der Waals surface area contributed by atoms with Crippen molar-refractivity contribution >= 4 is 5.78 Å². The molecule has 13 nitrogen and oxygen atoms in total. The molecule has 116 valence electrons. The van der Waals surface area contributed by atoms with Gasteiger partial charge in [0.2, 0.25) is 12.1 Å². The van der Waals surface area contributed by atoms with E-state index in [4.69, 9.17) is 0 Å². The Bertz CT molecular complexity index is 464. The summed E-state index contributed by atoms with van der Waals surface area (Å²) in [5, 5.41) is 43.2. The van der Waals surface area contributed by atoms with Gasteiger partial charge >= 0.3 is 0 Å². The van der Waals surface area contributed by atoms with E-state index in [1.54, 1.807) is 0 Å². The molecular formula is C8H10N4O9. The van der Waals surface area contributed by atoms with Gasteiger partial charge in [0.15, 0.2) is 0 Å². The van der Waals surface area contributed by atoms with Crippen LogP contribution in [0.2, 0.25) is 0 Å². The van der Waals surface area contributed by atoms with E-state index in [1.165, 1.54) is 0 Å². The molecule has 1 aliphatic carbocycles. The number of hydrogen-bond acceptors (Lipinski definition) is 9. The van der Waals surface area contributed by atoms with Crippen LogP contribution in [0.15, 0.2) is 0 Å². The Morgan fingerprint density at radius 3 is 1.24 bits per heavy atom. The topological polar surface area (TPSA) is 190 Å². The Labute approximate surface area is 115 Å². The number of rotatable bonds is 4. The Morgan fingerprint density at radius 2 is 1.00 bits per heavy atom. The third kappa shape index (κ3) is 3.64. The van der Waals surface area contributed by atoms with E-state index in [1.807, 2.05) is 0 Å². The van der Waals surface area contributed by atoms with Gasteiger partial charge in [0.1, 0.15) is 0 Å². The highest BCUT2D eigenvalue weighted by Gasteiger charge is 2.52. The number of nitrogens with zero attached hydrogens (tertiary/aromatic N) is 4. The second kappa shape index (κ2) is 6.15. The second-order valence-electron chi connectivity index (χ2n) is 4.59. The Hall–Kier alpha value is -2.73. The third-order valence-corrected chi connectivity index (χ3v) is 3.30. The molecule has 13 heteroatoms. The number of ketones is 1. The lowest BCUT2D eigenvalue weighted by atomic mass is 9.87. The maximum Gasteiger partial charge on any atom is 0.284 e. The van der Waals surface area contributed by atoms with Gasteiger partial charge in [-0.15, -0.1) is 0 Å². The summed E-state index contributed by atoms with van der Waals surface area (Å²) in [6.45, 7) is 0. The lowest BCUT2D eigenvalue weighted by Gasteiger charge is -2.20. The van der Waals surface area contributed by atoms with Crippen LogP contribution >= 0.6 is 0 Å². The van der Waals surface area contributed by atoms with E-state index in [-0.39, 0.29) is 0 Å². The molecule has 0 bridgehead atoms. The van der Waals surface area contributed by atoms with Crippen molar-refractivity contribution in [2.45, 2.75) is 43.4 Å². The van der Waals surface area contributed by atoms with Crippen LogP contribution in [0.1, 0.15) is 19.3 Å². The van der Waals surface area contributed by atoms with Gasteiger partial charge in [-0.3, -0.25) is 45.3 Å². The first-order chi connectivity index (χ1) is 9.65. The van der Waals surface area contributed by atoms with E-state index in [0.29, 0.717) is 0 Å². The minimum absolute atomic E-state index is 0.692. The minimum atomic E-state index is -2.11. The highest BCUT2D eigenvalue weighted by molar-refractivity contribution is 5.87. The van der Waals surface area contributed by atoms with Gasteiger partial charge < -0.3 is 0 Å². The molecule has 0 radical (unpaired) electrons. The van der Waals surface area contributed by atoms with Crippen molar-refractivity contribution in [2.24, 2.45) is 0 Å². The average molecular weight is 306 g/mol. The van der Waals surface area contributed by atoms with Crippen LogP contribution in [0.4, 0.5) is 0 Å². The Morgan fingerprint density at radius 1 is 0.667 bits per heavy atom. The van der Waals surface area contributed by atoms with Crippen LogP contribution in [0.25, 0.3) is 0 Å². The van der Waals surface area contributed by atoms with Crippen molar-refractivity contribution in [2.75, 3.05) is 0 Å². The van der Waals surface area contributed by atoms with Crippen LogP contribution in [-0.4, -0.2) is 49.6 Å². The first-order valence-electron chi connectivity index (χ1n) is 5.72. The van der Waals surface area contributed by atoms with Crippen LogP contribution < -0.4 is 0 Å². The van der Waals surface area contributed by atoms with Gasteiger partial charge in [0.05, 0.1) is 19.3 Å². The fourth-order valence-electron chi connectivity index (χ4n) is 2.20. The first-order valence-corrected chi connectivity index (χ1v) is 5.72. The molecule has 0 N–H and O–H groups in total. The second-order valence-corrected chi connectivity index (χ2v) is 4.59. The summed E-state index contributed by atoms with van der Waals surface area (Å²) in [5.41, 5.74) is 0. The van der Waals surface area contributed by atoms with E-state index in [2.05, 4.69) is 0 Å². The number of carbonyl (C=O) groups is 1. The normalized spacial score (nSPS) is 30.0. The summed E-state index contributed by atoms with van der Waals surface area (Å²) >= 11 is 0. The Balaban J connectivity index is 3.20. The number of hydrogen-bond donors (Lipinski definition) is 0. The highest BCUT2D eigenvalue weighted by atomic mass is 16.6. The standard InChI is InChI=1S/C8H10N4O9/c13-8-6(11(18)19)2-4(9(14)15)1-5(10(16)17)3-7(8)12(20)21/h4-7H,1-3H2. The zero-order valence-electron chi connectivity index (χ0n) is 10.4. The van der Waals surface area contributed by atoms with Gasteiger partial charge in [-0.05, 0) is 0 Å². The molecule has 1 rings (SSSR count). The quantitative estimate of drug-likeness (QED) is 0.478. The molecule has 0 spiro atoms. The lowest BCUT2D eigenvalue weighted by Crippen LogP contribution is -2.50. The van der Waals surface area contributed by atoms with Crippen molar-refractivity contribution in [1.29, 1.82) is 0 Å². The van der Waals surface area contributed by atoms with E-state index >= 15 is 0 Å². The molecule has 0 amide bonds. The SMILES string of the molecule is O=C1C([N+](=O)[O-])CC([N+](=O)[O-])CC([N+](=O)[O-])CC1[N+](=O)[O-].